The molecule has 0 atom stereocenters. The van der Waals surface area contributed by atoms with E-state index in [1.54, 1.807) is 6.07 Å². The van der Waals surface area contributed by atoms with Crippen LogP contribution in [0.5, 0.6) is 0 Å². The monoisotopic (exact) mass is 436 g/mol. The van der Waals surface area contributed by atoms with E-state index in [0.29, 0.717) is 17.0 Å². The second kappa shape index (κ2) is 11.5. The molecule has 0 spiro atoms. The highest BCUT2D eigenvalue weighted by Crippen LogP contribution is 2.18. The van der Waals surface area contributed by atoms with Crippen molar-refractivity contribution in [3.05, 3.63) is 76.4 Å². The van der Waals surface area contributed by atoms with Gasteiger partial charge in [-0.05, 0) is 37.5 Å². The van der Waals surface area contributed by atoms with Crippen LogP contribution in [0.1, 0.15) is 41.7 Å². The SMILES string of the molecule is CNC(=O)/C(=N/OC)c1cccc(C)c1CO/N=C(\C)c1ccc(C(N)=CC(C)=O)cc1. The van der Waals surface area contributed by atoms with Gasteiger partial charge in [0.2, 0.25) is 0 Å². The van der Waals surface area contributed by atoms with Gasteiger partial charge in [0.25, 0.3) is 5.91 Å². The first-order valence-electron chi connectivity index (χ1n) is 9.95. The van der Waals surface area contributed by atoms with E-state index < -0.39 is 0 Å². The average molecular weight is 437 g/mol. The Labute approximate surface area is 187 Å². The predicted octanol–water partition coefficient (Wildman–Crippen LogP) is 2.92. The number of rotatable bonds is 9. The summed E-state index contributed by atoms with van der Waals surface area (Å²) in [6.45, 7) is 5.34. The summed E-state index contributed by atoms with van der Waals surface area (Å²) in [6, 6.07) is 12.9. The third-order valence-corrected chi connectivity index (χ3v) is 4.70. The molecule has 8 heteroatoms. The van der Waals surface area contributed by atoms with Crippen molar-refractivity contribution in [2.45, 2.75) is 27.4 Å². The number of allylic oxidation sites excluding steroid dienone is 1. The molecule has 3 N–H and O–H groups in total. The number of benzene rings is 2. The summed E-state index contributed by atoms with van der Waals surface area (Å²) in [5.41, 5.74) is 11.1. The summed E-state index contributed by atoms with van der Waals surface area (Å²) in [7, 11) is 2.92. The number of nitrogens with zero attached hydrogens (tertiary/aromatic N) is 2. The molecule has 0 aliphatic heterocycles. The molecule has 2 rings (SSSR count). The molecule has 0 unspecified atom stereocenters. The van der Waals surface area contributed by atoms with E-state index in [9.17, 15) is 9.59 Å². The number of carbonyl (C=O) groups excluding carboxylic acids is 2. The van der Waals surface area contributed by atoms with E-state index in [1.807, 2.05) is 50.2 Å². The van der Waals surface area contributed by atoms with Crippen LogP contribution in [-0.2, 0) is 25.9 Å². The van der Waals surface area contributed by atoms with Crippen LogP contribution in [0.3, 0.4) is 0 Å². The normalized spacial score (nSPS) is 12.3. The second-order valence-corrected chi connectivity index (χ2v) is 7.04. The zero-order valence-electron chi connectivity index (χ0n) is 18.9. The van der Waals surface area contributed by atoms with Gasteiger partial charge in [-0.2, -0.15) is 0 Å². The smallest absolute Gasteiger partial charge is 0.273 e. The fourth-order valence-corrected chi connectivity index (χ4v) is 2.99. The highest BCUT2D eigenvalue weighted by Gasteiger charge is 2.19. The van der Waals surface area contributed by atoms with Gasteiger partial charge in [-0.15, -0.1) is 0 Å². The number of aryl methyl sites for hydroxylation is 1. The van der Waals surface area contributed by atoms with Gasteiger partial charge in [0, 0.05) is 29.9 Å². The van der Waals surface area contributed by atoms with Crippen molar-refractivity contribution in [3.8, 4) is 0 Å². The molecule has 0 bridgehead atoms. The van der Waals surface area contributed by atoms with E-state index in [4.69, 9.17) is 15.4 Å². The van der Waals surface area contributed by atoms with Gasteiger partial charge in [-0.3, -0.25) is 9.59 Å². The molecule has 0 saturated heterocycles. The number of oxime groups is 2. The van der Waals surface area contributed by atoms with Crippen molar-refractivity contribution >= 4 is 28.8 Å². The van der Waals surface area contributed by atoms with E-state index in [1.165, 1.54) is 27.2 Å². The number of carbonyl (C=O) groups is 2. The number of hydrogen-bond donors (Lipinski definition) is 2. The summed E-state index contributed by atoms with van der Waals surface area (Å²) in [5.74, 6) is -0.472. The van der Waals surface area contributed by atoms with Crippen LogP contribution in [0, 0.1) is 6.92 Å². The maximum Gasteiger partial charge on any atom is 0.273 e. The predicted molar refractivity (Wildman–Crippen MR) is 125 cm³/mol. The molecule has 1 amide bonds. The maximum absolute atomic E-state index is 12.2. The van der Waals surface area contributed by atoms with Crippen LogP contribution in [0.15, 0.2) is 58.9 Å². The Kier molecular flexibility index (Phi) is 8.71. The number of nitrogens with one attached hydrogen (secondary N) is 1. The fraction of sp³-hybridized carbons (Fsp3) is 0.250. The first-order chi connectivity index (χ1) is 15.3. The van der Waals surface area contributed by atoms with Crippen molar-refractivity contribution in [2.75, 3.05) is 14.2 Å². The first kappa shape index (κ1) is 24.3. The molecule has 0 fully saturated rings. The molecule has 8 nitrogen and oxygen atoms in total. The summed E-state index contributed by atoms with van der Waals surface area (Å²) in [5, 5.41) is 10.6. The summed E-state index contributed by atoms with van der Waals surface area (Å²) in [4.78, 5) is 33.9. The molecule has 2 aromatic rings. The number of likely N-dealkylation sites (N-methyl/N-ethyl adjacent to an activating group) is 1. The van der Waals surface area contributed by atoms with Gasteiger partial charge in [0.15, 0.2) is 11.5 Å². The topological polar surface area (TPSA) is 115 Å². The molecule has 0 aliphatic rings. The van der Waals surface area contributed by atoms with Crippen LogP contribution >= 0.6 is 0 Å². The Morgan fingerprint density at radius 3 is 2.31 bits per heavy atom. The summed E-state index contributed by atoms with van der Waals surface area (Å²) >= 11 is 0. The standard InChI is InChI=1S/C24H28N4O4/c1-15-7-6-8-20(23(28-31-5)24(30)26-4)21(15)14-32-27-17(3)18-9-11-19(12-10-18)22(25)13-16(2)29/h6-13H,14,25H2,1-5H3,(H,26,30)/b22-13?,27-17+,28-23+. The van der Waals surface area contributed by atoms with Crippen LogP contribution in [-0.4, -0.2) is 37.3 Å². The molecule has 0 aliphatic carbocycles. The molecular weight excluding hydrogens is 408 g/mol. The van der Waals surface area contributed by atoms with Gasteiger partial charge in [-0.1, -0.05) is 52.8 Å². The largest absolute Gasteiger partial charge is 0.398 e. The number of hydrogen-bond acceptors (Lipinski definition) is 7. The van der Waals surface area contributed by atoms with Gasteiger partial charge < -0.3 is 20.7 Å². The Balaban J connectivity index is 2.22. The Morgan fingerprint density at radius 1 is 1.06 bits per heavy atom. The molecule has 32 heavy (non-hydrogen) atoms. The molecular formula is C24H28N4O4. The van der Waals surface area contributed by atoms with E-state index in [2.05, 4.69) is 15.6 Å². The van der Waals surface area contributed by atoms with Crippen molar-refractivity contribution in [2.24, 2.45) is 16.0 Å². The lowest BCUT2D eigenvalue weighted by atomic mass is 9.98. The highest BCUT2D eigenvalue weighted by molar-refractivity contribution is 6.45. The first-order valence-corrected chi connectivity index (χ1v) is 9.95. The van der Waals surface area contributed by atoms with Crippen LogP contribution in [0.4, 0.5) is 0 Å². The fourth-order valence-electron chi connectivity index (χ4n) is 2.99. The number of ketones is 1. The molecule has 168 valence electrons. The van der Waals surface area contributed by atoms with Crippen LogP contribution in [0.2, 0.25) is 0 Å². The van der Waals surface area contributed by atoms with Gasteiger partial charge in [0.05, 0.1) is 5.71 Å². The zero-order chi connectivity index (χ0) is 23.7. The van der Waals surface area contributed by atoms with Gasteiger partial charge in [-0.25, -0.2) is 0 Å². The van der Waals surface area contributed by atoms with Crippen molar-refractivity contribution in [3.63, 3.8) is 0 Å². The Bertz CT molecular complexity index is 1070. The average Bonchev–Trinajstić information content (AvgIpc) is 2.77. The van der Waals surface area contributed by atoms with E-state index in [-0.39, 0.29) is 24.0 Å². The van der Waals surface area contributed by atoms with Gasteiger partial charge >= 0.3 is 0 Å². The Morgan fingerprint density at radius 2 is 1.72 bits per heavy atom. The minimum Gasteiger partial charge on any atom is -0.398 e. The van der Waals surface area contributed by atoms with Crippen molar-refractivity contribution < 1.29 is 19.3 Å². The van der Waals surface area contributed by atoms with Crippen LogP contribution in [0.25, 0.3) is 5.70 Å². The lowest BCUT2D eigenvalue weighted by Gasteiger charge is -2.13. The minimum atomic E-state index is -0.364. The maximum atomic E-state index is 12.2. The lowest BCUT2D eigenvalue weighted by molar-refractivity contribution is -0.114. The Hall–Kier alpha value is -3.94. The molecule has 0 saturated carbocycles. The number of amides is 1. The molecule has 0 radical (unpaired) electrons. The summed E-state index contributed by atoms with van der Waals surface area (Å²) in [6.07, 6.45) is 1.39. The zero-order valence-corrected chi connectivity index (χ0v) is 18.9. The van der Waals surface area contributed by atoms with Crippen LogP contribution < -0.4 is 11.1 Å². The lowest BCUT2D eigenvalue weighted by Crippen LogP contribution is -2.29. The number of nitrogens with two attached hydrogens (primary N) is 1. The highest BCUT2D eigenvalue weighted by atomic mass is 16.6. The van der Waals surface area contributed by atoms with E-state index in [0.717, 1.165) is 22.3 Å². The quantitative estimate of drug-likeness (QED) is 0.356. The molecule has 0 aromatic heterocycles. The third kappa shape index (κ3) is 6.28. The van der Waals surface area contributed by atoms with Gasteiger partial charge in [0.1, 0.15) is 13.7 Å². The van der Waals surface area contributed by atoms with Crippen molar-refractivity contribution in [1.82, 2.24) is 5.32 Å². The molecule has 2 aromatic carbocycles. The second-order valence-electron chi connectivity index (χ2n) is 7.04. The van der Waals surface area contributed by atoms with Crippen molar-refractivity contribution in [1.29, 1.82) is 0 Å². The third-order valence-electron chi connectivity index (χ3n) is 4.70. The molecule has 0 heterocycles. The minimum absolute atomic E-state index is 0.108. The van der Waals surface area contributed by atoms with E-state index >= 15 is 0 Å². The summed E-state index contributed by atoms with van der Waals surface area (Å²) < 4.78 is 0.